The summed E-state index contributed by atoms with van der Waals surface area (Å²) in [5.41, 5.74) is 1.31. The number of pyridine rings is 1. The molecule has 2 N–H and O–H groups in total. The quantitative estimate of drug-likeness (QED) is 0.335. The summed E-state index contributed by atoms with van der Waals surface area (Å²) in [6.45, 7) is 1.63. The second-order valence-corrected chi connectivity index (χ2v) is 9.38. The number of carbonyl (C=O) groups excluding carboxylic acids is 1. The lowest BCUT2D eigenvalue weighted by Crippen LogP contribution is -2.31. The topological polar surface area (TPSA) is 97.8 Å². The standard InChI is InChI=1S/C29H23FN2O5/c1-2-29(30)36-22-11-10-20(16-23(22)37-29)28(12-13-28)27(35)32-24-15-17-6-3-4-9-21(17)25(31-24)18-7-5-8-19(14-18)26(33)34/h3-11,14-16H,2,12-13H2,1H3,(H,33,34)(H,31,32,35). The zero-order chi connectivity index (χ0) is 25.8. The van der Waals surface area contributed by atoms with Crippen LogP contribution in [0.3, 0.4) is 0 Å². The van der Waals surface area contributed by atoms with Gasteiger partial charge < -0.3 is 19.9 Å². The molecule has 0 bridgehead atoms. The molecule has 7 nitrogen and oxygen atoms in total. The van der Waals surface area contributed by atoms with Crippen LogP contribution in [0.4, 0.5) is 10.2 Å². The van der Waals surface area contributed by atoms with E-state index in [-0.39, 0.29) is 23.6 Å². The van der Waals surface area contributed by atoms with Gasteiger partial charge in [-0.2, -0.15) is 4.39 Å². The van der Waals surface area contributed by atoms with Gasteiger partial charge in [0.1, 0.15) is 5.82 Å². The first-order valence-corrected chi connectivity index (χ1v) is 12.1. The van der Waals surface area contributed by atoms with Crippen LogP contribution in [0.25, 0.3) is 22.0 Å². The molecule has 1 amide bonds. The molecular weight excluding hydrogens is 475 g/mol. The predicted octanol–water partition coefficient (Wildman–Crippen LogP) is 6.07. The molecule has 6 rings (SSSR count). The number of anilines is 1. The molecular formula is C29H23FN2O5. The summed E-state index contributed by atoms with van der Waals surface area (Å²) in [6.07, 6.45) is 1.30. The second-order valence-electron chi connectivity index (χ2n) is 9.38. The molecule has 1 fully saturated rings. The van der Waals surface area contributed by atoms with E-state index in [0.717, 1.165) is 16.3 Å². The lowest BCUT2D eigenvalue weighted by molar-refractivity contribution is -0.191. The lowest BCUT2D eigenvalue weighted by atomic mass is 9.94. The zero-order valence-corrected chi connectivity index (χ0v) is 20.0. The van der Waals surface area contributed by atoms with Crippen LogP contribution in [0.5, 0.6) is 11.5 Å². The average molecular weight is 499 g/mol. The van der Waals surface area contributed by atoms with E-state index in [1.807, 2.05) is 24.3 Å². The minimum atomic E-state index is -2.19. The summed E-state index contributed by atoms with van der Waals surface area (Å²) in [4.78, 5) is 29.8. The highest BCUT2D eigenvalue weighted by atomic mass is 19.2. The van der Waals surface area contributed by atoms with Crippen molar-refractivity contribution in [2.45, 2.75) is 37.6 Å². The number of ether oxygens (including phenoxy) is 2. The van der Waals surface area contributed by atoms with Crippen molar-refractivity contribution in [1.82, 2.24) is 4.98 Å². The Hall–Kier alpha value is -4.46. The number of halogens is 1. The molecule has 1 aliphatic carbocycles. The summed E-state index contributed by atoms with van der Waals surface area (Å²) in [6, 6.07) is 18.8. The molecule has 2 heterocycles. The highest BCUT2D eigenvalue weighted by Gasteiger charge is 2.52. The van der Waals surface area contributed by atoms with Crippen LogP contribution in [0.1, 0.15) is 42.1 Å². The van der Waals surface area contributed by atoms with Crippen LogP contribution in [0, 0.1) is 0 Å². The largest absolute Gasteiger partial charge is 0.478 e. The molecule has 0 saturated heterocycles. The fourth-order valence-electron chi connectivity index (χ4n) is 4.75. The first kappa shape index (κ1) is 23.0. The maximum atomic E-state index is 14.5. The van der Waals surface area contributed by atoms with Gasteiger partial charge in [-0.3, -0.25) is 4.79 Å². The van der Waals surface area contributed by atoms with Gasteiger partial charge in [0.05, 0.1) is 23.1 Å². The van der Waals surface area contributed by atoms with Gasteiger partial charge >= 0.3 is 12.0 Å². The van der Waals surface area contributed by atoms with Gasteiger partial charge in [-0.1, -0.05) is 49.4 Å². The van der Waals surface area contributed by atoms with Crippen molar-refractivity contribution >= 4 is 28.5 Å². The molecule has 1 atom stereocenters. The smallest absolute Gasteiger partial charge is 0.407 e. The number of nitrogens with one attached hydrogen (secondary N) is 1. The fourth-order valence-corrected chi connectivity index (χ4v) is 4.75. The van der Waals surface area contributed by atoms with E-state index in [4.69, 9.17) is 14.5 Å². The Bertz CT molecular complexity index is 1580. The van der Waals surface area contributed by atoms with Crippen molar-refractivity contribution < 1.29 is 28.6 Å². The summed E-state index contributed by atoms with van der Waals surface area (Å²) in [5.74, 6) is -0.292. The lowest BCUT2D eigenvalue weighted by Gasteiger charge is -2.17. The van der Waals surface area contributed by atoms with E-state index >= 15 is 0 Å². The Kier molecular flexibility index (Phi) is 5.15. The number of carboxylic acids is 1. The molecule has 1 aliphatic heterocycles. The minimum Gasteiger partial charge on any atom is -0.478 e. The first-order valence-electron chi connectivity index (χ1n) is 12.1. The Morgan fingerprint density at radius 1 is 1.00 bits per heavy atom. The molecule has 8 heteroatoms. The van der Waals surface area contributed by atoms with Crippen molar-refractivity contribution in [2.24, 2.45) is 0 Å². The number of carbonyl (C=O) groups is 2. The van der Waals surface area contributed by atoms with Gasteiger partial charge in [-0.05, 0) is 54.1 Å². The van der Waals surface area contributed by atoms with E-state index in [0.29, 0.717) is 35.7 Å². The molecule has 1 unspecified atom stereocenters. The monoisotopic (exact) mass is 498 g/mol. The summed E-state index contributed by atoms with van der Waals surface area (Å²) in [5, 5.41) is 14.1. The van der Waals surface area contributed by atoms with Crippen LogP contribution in [0.15, 0.2) is 72.8 Å². The molecule has 4 aromatic rings. The highest BCUT2D eigenvalue weighted by molar-refractivity contribution is 6.04. The van der Waals surface area contributed by atoms with Crippen LogP contribution >= 0.6 is 0 Å². The number of benzene rings is 3. The van der Waals surface area contributed by atoms with E-state index in [1.54, 1.807) is 49.4 Å². The number of aromatic nitrogens is 1. The number of amides is 1. The predicted molar refractivity (Wildman–Crippen MR) is 136 cm³/mol. The van der Waals surface area contributed by atoms with Gasteiger partial charge in [-0.15, -0.1) is 0 Å². The molecule has 37 heavy (non-hydrogen) atoms. The second kappa shape index (κ2) is 8.30. The van der Waals surface area contributed by atoms with E-state index in [9.17, 15) is 19.1 Å². The number of aromatic carboxylic acids is 1. The van der Waals surface area contributed by atoms with Gasteiger partial charge in [-0.25, -0.2) is 9.78 Å². The number of hydrogen-bond acceptors (Lipinski definition) is 5. The number of carboxylic acid groups (broad SMARTS) is 1. The molecule has 0 spiro atoms. The summed E-state index contributed by atoms with van der Waals surface area (Å²) < 4.78 is 25.2. The maximum Gasteiger partial charge on any atom is 0.407 e. The SMILES string of the molecule is CCC1(F)Oc2ccc(C3(C(=O)Nc4cc5ccccc5c(-c5cccc(C(=O)O)c5)n4)CC3)cc2O1. The molecule has 186 valence electrons. The van der Waals surface area contributed by atoms with Crippen LogP contribution in [-0.4, -0.2) is 28.0 Å². The third kappa shape index (κ3) is 3.94. The normalized spacial score (nSPS) is 19.0. The van der Waals surface area contributed by atoms with Gasteiger partial charge in [0.2, 0.25) is 5.91 Å². The first-order chi connectivity index (χ1) is 17.8. The maximum absolute atomic E-state index is 14.5. The Morgan fingerprint density at radius 2 is 1.78 bits per heavy atom. The number of alkyl halides is 1. The van der Waals surface area contributed by atoms with Crippen LogP contribution < -0.4 is 14.8 Å². The average Bonchev–Trinajstić information content (AvgIpc) is 3.65. The number of rotatable bonds is 6. The van der Waals surface area contributed by atoms with Gasteiger partial charge in [0, 0.05) is 10.9 Å². The van der Waals surface area contributed by atoms with Crippen molar-refractivity contribution in [1.29, 1.82) is 0 Å². The Labute approximate surface area is 211 Å². The molecule has 1 aromatic heterocycles. The van der Waals surface area contributed by atoms with Crippen LogP contribution in [-0.2, 0) is 10.2 Å². The highest BCUT2D eigenvalue weighted by Crippen LogP contribution is 2.52. The molecule has 2 aliphatic rings. The molecule has 3 aromatic carbocycles. The number of fused-ring (bicyclic) bond motifs is 2. The molecule has 1 saturated carbocycles. The van der Waals surface area contributed by atoms with Crippen molar-refractivity contribution in [3.63, 3.8) is 0 Å². The third-order valence-corrected chi connectivity index (χ3v) is 6.99. The fraction of sp³-hybridized carbons (Fsp3) is 0.207. The summed E-state index contributed by atoms with van der Waals surface area (Å²) >= 11 is 0. The van der Waals surface area contributed by atoms with Crippen LogP contribution in [0.2, 0.25) is 0 Å². The number of hydrogen-bond donors (Lipinski definition) is 2. The minimum absolute atomic E-state index is 0.0357. The zero-order valence-electron chi connectivity index (χ0n) is 20.0. The van der Waals surface area contributed by atoms with E-state index < -0.39 is 17.4 Å². The Morgan fingerprint density at radius 3 is 2.54 bits per heavy atom. The Balaban J connectivity index is 1.34. The van der Waals surface area contributed by atoms with Crippen molar-refractivity contribution in [3.8, 4) is 22.8 Å². The number of nitrogens with zero attached hydrogens (tertiary/aromatic N) is 1. The van der Waals surface area contributed by atoms with Crippen molar-refractivity contribution in [2.75, 3.05) is 5.32 Å². The van der Waals surface area contributed by atoms with E-state index in [2.05, 4.69) is 5.32 Å². The van der Waals surface area contributed by atoms with Gasteiger partial charge in [0.25, 0.3) is 0 Å². The summed E-state index contributed by atoms with van der Waals surface area (Å²) in [7, 11) is 0. The van der Waals surface area contributed by atoms with E-state index in [1.165, 1.54) is 6.07 Å². The van der Waals surface area contributed by atoms with Gasteiger partial charge in [0.15, 0.2) is 11.5 Å². The van der Waals surface area contributed by atoms with Crippen molar-refractivity contribution in [3.05, 3.63) is 83.9 Å². The third-order valence-electron chi connectivity index (χ3n) is 6.99. The molecule has 0 radical (unpaired) electrons.